The molecule has 1 N–H and O–H groups in total. The molecule has 1 fully saturated rings. The number of rotatable bonds is 1. The standard InChI is InChI=1S/C11H12FNOS/c12-9-3-1-2-8(6-9)10-7-11(14)13-4-5-15-10/h1-3,6,10H,4-5,7H2,(H,13,14)/t10-/m0/s1. The van der Waals surface area contributed by atoms with Crippen molar-refractivity contribution in [1.82, 2.24) is 5.32 Å². The van der Waals surface area contributed by atoms with Gasteiger partial charge in [0.1, 0.15) is 5.82 Å². The van der Waals surface area contributed by atoms with Gasteiger partial charge in [-0.05, 0) is 17.7 Å². The molecule has 0 bridgehead atoms. The van der Waals surface area contributed by atoms with Crippen LogP contribution in [-0.4, -0.2) is 18.2 Å². The third kappa shape index (κ3) is 2.72. The number of thioether (sulfide) groups is 1. The summed E-state index contributed by atoms with van der Waals surface area (Å²) in [5.41, 5.74) is 0.900. The number of carbonyl (C=O) groups excluding carboxylic acids is 1. The molecule has 2 nitrogen and oxygen atoms in total. The molecule has 1 amide bonds. The molecule has 0 saturated carbocycles. The predicted octanol–water partition coefficient (Wildman–Crippen LogP) is 2.12. The quantitative estimate of drug-likeness (QED) is 0.793. The minimum atomic E-state index is -0.238. The molecule has 0 unspecified atom stereocenters. The number of amides is 1. The molecule has 0 aliphatic carbocycles. The summed E-state index contributed by atoms with van der Waals surface area (Å²) in [6, 6.07) is 6.49. The van der Waals surface area contributed by atoms with E-state index in [9.17, 15) is 9.18 Å². The molecule has 1 aromatic rings. The average molecular weight is 225 g/mol. The summed E-state index contributed by atoms with van der Waals surface area (Å²) < 4.78 is 13.0. The van der Waals surface area contributed by atoms with E-state index in [0.717, 1.165) is 11.3 Å². The highest BCUT2D eigenvalue weighted by atomic mass is 32.2. The van der Waals surface area contributed by atoms with Crippen molar-refractivity contribution in [2.75, 3.05) is 12.3 Å². The molecule has 1 saturated heterocycles. The minimum absolute atomic E-state index is 0.0502. The van der Waals surface area contributed by atoms with Crippen molar-refractivity contribution in [1.29, 1.82) is 0 Å². The van der Waals surface area contributed by atoms with Gasteiger partial charge in [-0.25, -0.2) is 4.39 Å². The molecule has 15 heavy (non-hydrogen) atoms. The van der Waals surface area contributed by atoms with Crippen molar-refractivity contribution in [3.8, 4) is 0 Å². The summed E-state index contributed by atoms with van der Waals surface area (Å²) >= 11 is 1.70. The maximum absolute atomic E-state index is 13.0. The zero-order valence-corrected chi connectivity index (χ0v) is 9.02. The van der Waals surface area contributed by atoms with E-state index in [-0.39, 0.29) is 17.0 Å². The van der Waals surface area contributed by atoms with Gasteiger partial charge in [-0.2, -0.15) is 11.8 Å². The summed E-state index contributed by atoms with van der Waals surface area (Å²) in [6.07, 6.45) is 0.439. The molecule has 1 atom stereocenters. The molecule has 4 heteroatoms. The summed E-state index contributed by atoms with van der Waals surface area (Å²) in [6.45, 7) is 0.704. The van der Waals surface area contributed by atoms with Crippen molar-refractivity contribution in [2.45, 2.75) is 11.7 Å². The number of benzene rings is 1. The lowest BCUT2D eigenvalue weighted by Crippen LogP contribution is -2.23. The van der Waals surface area contributed by atoms with Crippen LogP contribution in [0.1, 0.15) is 17.2 Å². The second-order valence-corrected chi connectivity index (χ2v) is 4.78. The van der Waals surface area contributed by atoms with E-state index in [2.05, 4.69) is 5.32 Å². The van der Waals surface area contributed by atoms with Gasteiger partial charge >= 0.3 is 0 Å². The van der Waals surface area contributed by atoms with Crippen molar-refractivity contribution in [3.63, 3.8) is 0 Å². The number of halogens is 1. The van der Waals surface area contributed by atoms with Gasteiger partial charge in [-0.3, -0.25) is 4.79 Å². The van der Waals surface area contributed by atoms with Gasteiger partial charge in [0, 0.05) is 24.0 Å². The van der Waals surface area contributed by atoms with Gasteiger partial charge in [0.25, 0.3) is 0 Å². The number of hydrogen-bond donors (Lipinski definition) is 1. The summed E-state index contributed by atoms with van der Waals surface area (Å²) in [7, 11) is 0. The monoisotopic (exact) mass is 225 g/mol. The van der Waals surface area contributed by atoms with Crippen LogP contribution in [0.2, 0.25) is 0 Å². The van der Waals surface area contributed by atoms with Crippen LogP contribution in [0, 0.1) is 5.82 Å². The Morgan fingerprint density at radius 1 is 1.47 bits per heavy atom. The van der Waals surface area contributed by atoms with Crippen molar-refractivity contribution in [2.24, 2.45) is 0 Å². The van der Waals surface area contributed by atoms with E-state index >= 15 is 0 Å². The van der Waals surface area contributed by atoms with E-state index in [0.29, 0.717) is 13.0 Å². The Hall–Kier alpha value is -1.03. The summed E-state index contributed by atoms with van der Waals surface area (Å²) in [4.78, 5) is 11.3. The normalized spacial score (nSPS) is 21.9. The Kier molecular flexibility index (Phi) is 3.26. The lowest BCUT2D eigenvalue weighted by Gasteiger charge is -2.12. The fourth-order valence-electron chi connectivity index (χ4n) is 1.61. The first-order chi connectivity index (χ1) is 7.25. The molecule has 0 aromatic heterocycles. The smallest absolute Gasteiger partial charge is 0.221 e. The van der Waals surface area contributed by atoms with Gasteiger partial charge in [0.15, 0.2) is 0 Å². The number of carbonyl (C=O) groups is 1. The lowest BCUT2D eigenvalue weighted by molar-refractivity contribution is -0.120. The Morgan fingerprint density at radius 3 is 3.13 bits per heavy atom. The number of hydrogen-bond acceptors (Lipinski definition) is 2. The molecule has 0 spiro atoms. The summed E-state index contributed by atoms with van der Waals surface area (Å²) in [5, 5.41) is 2.89. The zero-order chi connectivity index (χ0) is 10.7. The average Bonchev–Trinajstić information content (AvgIpc) is 2.43. The molecule has 0 radical (unpaired) electrons. The Balaban J connectivity index is 2.18. The Labute approximate surface area is 92.3 Å². The highest BCUT2D eigenvalue weighted by Crippen LogP contribution is 2.33. The van der Waals surface area contributed by atoms with Gasteiger partial charge < -0.3 is 5.32 Å². The van der Waals surface area contributed by atoms with E-state index in [4.69, 9.17) is 0 Å². The zero-order valence-electron chi connectivity index (χ0n) is 8.20. The van der Waals surface area contributed by atoms with Crippen LogP contribution in [0.15, 0.2) is 24.3 Å². The Bertz CT molecular complexity index is 369. The van der Waals surface area contributed by atoms with Crippen LogP contribution < -0.4 is 5.32 Å². The predicted molar refractivity (Wildman–Crippen MR) is 59.2 cm³/mol. The van der Waals surface area contributed by atoms with Gasteiger partial charge in [0.2, 0.25) is 5.91 Å². The van der Waals surface area contributed by atoms with Gasteiger partial charge in [-0.15, -0.1) is 0 Å². The second-order valence-electron chi connectivity index (χ2n) is 3.47. The van der Waals surface area contributed by atoms with Gasteiger partial charge in [0.05, 0.1) is 0 Å². The molecular weight excluding hydrogens is 213 g/mol. The van der Waals surface area contributed by atoms with Crippen LogP contribution in [-0.2, 0) is 4.79 Å². The lowest BCUT2D eigenvalue weighted by atomic mass is 10.1. The van der Waals surface area contributed by atoms with E-state index in [1.165, 1.54) is 12.1 Å². The molecule has 1 aromatic carbocycles. The molecule has 2 rings (SSSR count). The van der Waals surface area contributed by atoms with Crippen molar-refractivity contribution >= 4 is 17.7 Å². The van der Waals surface area contributed by atoms with Gasteiger partial charge in [-0.1, -0.05) is 12.1 Å². The molecular formula is C11H12FNOS. The molecule has 1 aliphatic heterocycles. The van der Waals surface area contributed by atoms with Crippen LogP contribution in [0.25, 0.3) is 0 Å². The van der Waals surface area contributed by atoms with E-state index < -0.39 is 0 Å². The first kappa shape index (κ1) is 10.5. The second kappa shape index (κ2) is 4.66. The SMILES string of the molecule is O=C1C[C@@H](c2cccc(F)c2)SCCN1. The molecule has 1 aliphatic rings. The highest BCUT2D eigenvalue weighted by molar-refractivity contribution is 7.99. The maximum atomic E-state index is 13.0. The van der Waals surface area contributed by atoms with E-state index in [1.54, 1.807) is 17.8 Å². The Morgan fingerprint density at radius 2 is 2.33 bits per heavy atom. The van der Waals surface area contributed by atoms with Crippen LogP contribution in [0.4, 0.5) is 4.39 Å². The minimum Gasteiger partial charge on any atom is -0.355 e. The van der Waals surface area contributed by atoms with Crippen LogP contribution in [0.5, 0.6) is 0 Å². The topological polar surface area (TPSA) is 29.1 Å². The summed E-state index contributed by atoms with van der Waals surface area (Å²) in [5.74, 6) is 0.694. The van der Waals surface area contributed by atoms with Crippen LogP contribution in [0.3, 0.4) is 0 Å². The molecule has 80 valence electrons. The van der Waals surface area contributed by atoms with Crippen molar-refractivity contribution in [3.05, 3.63) is 35.6 Å². The molecule has 1 heterocycles. The van der Waals surface area contributed by atoms with E-state index in [1.807, 2.05) is 6.07 Å². The fourth-order valence-corrected chi connectivity index (χ4v) is 2.72. The third-order valence-electron chi connectivity index (χ3n) is 2.33. The third-order valence-corrected chi connectivity index (χ3v) is 3.62. The first-order valence-corrected chi connectivity index (χ1v) is 5.94. The van der Waals surface area contributed by atoms with Crippen LogP contribution >= 0.6 is 11.8 Å². The fraction of sp³-hybridized carbons (Fsp3) is 0.364. The maximum Gasteiger partial charge on any atom is 0.221 e. The largest absolute Gasteiger partial charge is 0.355 e. The highest BCUT2D eigenvalue weighted by Gasteiger charge is 2.19. The van der Waals surface area contributed by atoms with Crippen molar-refractivity contribution < 1.29 is 9.18 Å². The first-order valence-electron chi connectivity index (χ1n) is 4.89. The number of nitrogens with one attached hydrogen (secondary N) is 1.